The van der Waals surface area contributed by atoms with Gasteiger partial charge in [0.1, 0.15) is 11.2 Å². The Balaban J connectivity index is 1.13. The number of hydrogen-bond acceptors (Lipinski definition) is 5. The minimum absolute atomic E-state index is 0.0522. The predicted molar refractivity (Wildman–Crippen MR) is 117 cm³/mol. The van der Waals surface area contributed by atoms with Crippen LogP contribution < -0.4 is 0 Å². The molecule has 0 N–H and O–H groups in total. The number of likely N-dealkylation sites (tertiary alicyclic amines) is 1. The van der Waals surface area contributed by atoms with Crippen LogP contribution in [-0.4, -0.2) is 49.6 Å². The van der Waals surface area contributed by atoms with Gasteiger partial charge in [-0.3, -0.25) is 14.3 Å². The number of benzene rings is 1. The summed E-state index contributed by atoms with van der Waals surface area (Å²) in [4.78, 5) is 17.0. The zero-order chi connectivity index (χ0) is 21.7. The first-order chi connectivity index (χ1) is 15.5. The first-order valence-electron chi connectivity index (χ1n) is 11.7. The first kappa shape index (κ1) is 19.1. The van der Waals surface area contributed by atoms with Crippen LogP contribution in [0, 0.1) is 22.2 Å². The number of nitriles is 1. The van der Waals surface area contributed by atoms with Gasteiger partial charge in [-0.15, -0.1) is 10.2 Å². The maximum atomic E-state index is 12.6. The minimum atomic E-state index is -0.701. The molecule has 2 aromatic rings. The fourth-order valence-corrected chi connectivity index (χ4v) is 6.34. The number of amides is 1. The summed E-state index contributed by atoms with van der Waals surface area (Å²) in [5.41, 5.74) is 1.90. The molecule has 0 radical (unpaired) electrons. The van der Waals surface area contributed by atoms with E-state index >= 15 is 0 Å². The molecule has 4 fully saturated rings. The van der Waals surface area contributed by atoms with Crippen molar-refractivity contribution in [1.82, 2.24) is 24.6 Å². The van der Waals surface area contributed by atoms with Crippen LogP contribution in [0.15, 0.2) is 18.2 Å². The van der Waals surface area contributed by atoms with Crippen molar-refractivity contribution in [2.24, 2.45) is 10.8 Å². The highest BCUT2D eigenvalue weighted by Gasteiger charge is 2.60. The zero-order valence-electron chi connectivity index (χ0n) is 17.9. The highest BCUT2D eigenvalue weighted by molar-refractivity contribution is 6.30. The molecule has 1 spiro atoms. The Hall–Kier alpha value is -2.43. The van der Waals surface area contributed by atoms with Crippen LogP contribution in [0.4, 0.5) is 0 Å². The molecule has 164 valence electrons. The van der Waals surface area contributed by atoms with Gasteiger partial charge in [-0.2, -0.15) is 5.26 Å². The van der Waals surface area contributed by atoms with Gasteiger partial charge in [-0.1, -0.05) is 11.6 Å². The Kier molecular flexibility index (Phi) is 3.77. The van der Waals surface area contributed by atoms with Gasteiger partial charge < -0.3 is 4.90 Å². The average Bonchev–Trinajstić information content (AvgIpc) is 3.63. The van der Waals surface area contributed by atoms with Crippen molar-refractivity contribution in [3.63, 3.8) is 0 Å². The third-order valence-electron chi connectivity index (χ3n) is 8.26. The van der Waals surface area contributed by atoms with Gasteiger partial charge in [-0.05, 0) is 62.3 Å². The fraction of sp³-hybridized carbons (Fsp3) is 0.583. The Labute approximate surface area is 192 Å². The maximum absolute atomic E-state index is 12.6. The van der Waals surface area contributed by atoms with Gasteiger partial charge in [0.25, 0.3) is 0 Å². The molecule has 1 amide bonds. The first-order valence-corrected chi connectivity index (χ1v) is 12.0. The quantitative estimate of drug-likeness (QED) is 0.719. The van der Waals surface area contributed by atoms with Gasteiger partial charge in [0, 0.05) is 42.0 Å². The number of nitrogens with zero attached hydrogens (tertiary/aromatic N) is 6. The van der Waals surface area contributed by atoms with E-state index in [1.807, 2.05) is 11.0 Å². The van der Waals surface area contributed by atoms with Crippen LogP contribution in [0.3, 0.4) is 0 Å². The van der Waals surface area contributed by atoms with Crippen LogP contribution in [0.2, 0.25) is 5.02 Å². The molecule has 32 heavy (non-hydrogen) atoms. The number of carbonyl (C=O) groups is 1. The second-order valence-electron chi connectivity index (χ2n) is 10.7. The average molecular weight is 449 g/mol. The molecule has 0 unspecified atom stereocenters. The second kappa shape index (κ2) is 6.33. The van der Waals surface area contributed by atoms with E-state index in [-0.39, 0.29) is 11.3 Å². The Bertz CT molecular complexity index is 1180. The molecular weight excluding hydrogens is 424 g/mol. The van der Waals surface area contributed by atoms with E-state index in [0.717, 1.165) is 74.2 Å². The summed E-state index contributed by atoms with van der Waals surface area (Å²) in [6, 6.07) is 9.04. The molecule has 1 aromatic carbocycles. The maximum Gasteiger partial charge on any atom is 0.243 e. The largest absolute Gasteiger partial charge is 0.340 e. The number of carbonyl (C=O) groups excluding carboxylic acids is 1. The number of aromatic nitrogens is 3. The van der Waals surface area contributed by atoms with Crippen LogP contribution in [-0.2, 0) is 17.9 Å². The summed E-state index contributed by atoms with van der Waals surface area (Å²) in [6.45, 7) is 3.29. The Morgan fingerprint density at radius 3 is 2.62 bits per heavy atom. The van der Waals surface area contributed by atoms with Crippen LogP contribution >= 0.6 is 11.6 Å². The van der Waals surface area contributed by atoms with Crippen molar-refractivity contribution >= 4 is 17.5 Å². The molecule has 1 aromatic heterocycles. The SMILES string of the molecule is N#CC1(C(=O)N2CC3(CC(c4nnc5n4-c4ccc(Cl)cc4CN(C4CC4)C5)C3)C2)CC1. The van der Waals surface area contributed by atoms with Gasteiger partial charge in [-0.25, -0.2) is 0 Å². The normalized spacial score (nSPS) is 25.2. The molecule has 5 aliphatic rings. The summed E-state index contributed by atoms with van der Waals surface area (Å²) in [5.74, 6) is 2.48. The molecule has 7 rings (SSSR count). The standard InChI is InChI=1S/C24H25ClN6O/c25-17-1-4-19-15(7-17)10-29(18-2-3-18)11-20-27-28-21(31(19)20)16-8-23(9-16)13-30(14-23)22(32)24(12-26)5-6-24/h1,4,7,16,18H,2-3,5-6,8-11,13-14H2. The van der Waals surface area contributed by atoms with E-state index in [4.69, 9.17) is 11.6 Å². The highest BCUT2D eigenvalue weighted by Crippen LogP contribution is 2.58. The number of fused-ring (bicyclic) bond motifs is 3. The minimum Gasteiger partial charge on any atom is -0.340 e. The van der Waals surface area contributed by atoms with Crippen molar-refractivity contribution < 1.29 is 4.79 Å². The molecule has 3 saturated carbocycles. The lowest BCUT2D eigenvalue weighted by Crippen LogP contribution is -2.64. The molecule has 0 atom stereocenters. The smallest absolute Gasteiger partial charge is 0.243 e. The van der Waals surface area contributed by atoms with Crippen LogP contribution in [0.5, 0.6) is 0 Å². The molecule has 3 heterocycles. The number of hydrogen-bond donors (Lipinski definition) is 0. The summed E-state index contributed by atoms with van der Waals surface area (Å²) in [6.07, 6.45) is 6.02. The van der Waals surface area contributed by atoms with E-state index in [1.54, 1.807) is 0 Å². The zero-order valence-corrected chi connectivity index (χ0v) is 18.7. The van der Waals surface area contributed by atoms with E-state index < -0.39 is 5.41 Å². The molecule has 3 aliphatic carbocycles. The van der Waals surface area contributed by atoms with Crippen molar-refractivity contribution in [1.29, 1.82) is 5.26 Å². The van der Waals surface area contributed by atoms with Gasteiger partial charge in [0.05, 0.1) is 18.3 Å². The van der Waals surface area contributed by atoms with E-state index in [1.165, 1.54) is 18.4 Å². The summed E-state index contributed by atoms with van der Waals surface area (Å²) in [7, 11) is 0. The van der Waals surface area contributed by atoms with Gasteiger partial charge >= 0.3 is 0 Å². The summed E-state index contributed by atoms with van der Waals surface area (Å²) >= 11 is 6.35. The molecule has 0 bridgehead atoms. The second-order valence-corrected chi connectivity index (χ2v) is 11.1. The fourth-order valence-electron chi connectivity index (χ4n) is 6.15. The lowest BCUT2D eigenvalue weighted by Gasteiger charge is -2.59. The lowest BCUT2D eigenvalue weighted by atomic mass is 9.57. The molecular formula is C24H25ClN6O. The molecule has 1 saturated heterocycles. The molecule has 2 aliphatic heterocycles. The summed E-state index contributed by atoms with van der Waals surface area (Å²) in [5, 5.41) is 19.4. The number of halogens is 1. The van der Waals surface area contributed by atoms with E-state index in [0.29, 0.717) is 12.0 Å². The van der Waals surface area contributed by atoms with Gasteiger partial charge in [0.15, 0.2) is 5.82 Å². The molecule has 8 heteroatoms. The monoisotopic (exact) mass is 448 g/mol. The Morgan fingerprint density at radius 1 is 1.16 bits per heavy atom. The van der Waals surface area contributed by atoms with Crippen molar-refractivity contribution in [2.45, 2.75) is 63.6 Å². The van der Waals surface area contributed by atoms with E-state index in [9.17, 15) is 10.1 Å². The number of rotatable bonds is 3. The van der Waals surface area contributed by atoms with Crippen molar-refractivity contribution in [3.8, 4) is 11.8 Å². The van der Waals surface area contributed by atoms with Crippen molar-refractivity contribution in [3.05, 3.63) is 40.4 Å². The van der Waals surface area contributed by atoms with E-state index in [2.05, 4.69) is 37.9 Å². The predicted octanol–water partition coefficient (Wildman–Crippen LogP) is 3.41. The Morgan fingerprint density at radius 2 is 1.94 bits per heavy atom. The van der Waals surface area contributed by atoms with Crippen LogP contribution in [0.25, 0.3) is 5.69 Å². The van der Waals surface area contributed by atoms with Crippen molar-refractivity contribution in [2.75, 3.05) is 13.1 Å². The molecule has 7 nitrogen and oxygen atoms in total. The summed E-state index contributed by atoms with van der Waals surface area (Å²) < 4.78 is 2.28. The van der Waals surface area contributed by atoms with Crippen LogP contribution in [0.1, 0.15) is 61.7 Å². The topological polar surface area (TPSA) is 78.0 Å². The third kappa shape index (κ3) is 2.72. The lowest BCUT2D eigenvalue weighted by molar-refractivity contribution is -0.155. The van der Waals surface area contributed by atoms with Gasteiger partial charge in [0.2, 0.25) is 5.91 Å². The third-order valence-corrected chi connectivity index (χ3v) is 8.49. The highest BCUT2D eigenvalue weighted by atomic mass is 35.5.